The van der Waals surface area contributed by atoms with Gasteiger partial charge in [0.05, 0.1) is 18.1 Å². The molecular formula is C18H17N3O2S. The Balaban J connectivity index is 1.49. The highest BCUT2D eigenvalue weighted by Crippen LogP contribution is 2.41. The molecule has 24 heavy (non-hydrogen) atoms. The zero-order valence-electron chi connectivity index (χ0n) is 12.9. The summed E-state index contributed by atoms with van der Waals surface area (Å²) in [5.41, 5.74) is 2.00. The Morgan fingerprint density at radius 2 is 1.67 bits per heavy atom. The minimum Gasteiger partial charge on any atom is -0.240 e. The summed E-state index contributed by atoms with van der Waals surface area (Å²) in [6.07, 6.45) is 3.75. The maximum absolute atomic E-state index is 12.5. The van der Waals surface area contributed by atoms with Crippen molar-refractivity contribution in [3.05, 3.63) is 78.6 Å². The lowest BCUT2D eigenvalue weighted by Gasteiger charge is -2.04. The molecule has 2 aromatic carbocycles. The smallest absolute Gasteiger partial charge is 0.240 e. The fourth-order valence-electron chi connectivity index (χ4n) is 2.83. The summed E-state index contributed by atoms with van der Waals surface area (Å²) in [6.45, 7) is 0. The van der Waals surface area contributed by atoms with Crippen LogP contribution in [-0.4, -0.2) is 24.2 Å². The van der Waals surface area contributed by atoms with Gasteiger partial charge in [-0.25, -0.2) is 17.8 Å². The molecule has 122 valence electrons. The molecule has 6 heteroatoms. The third-order valence-corrected chi connectivity index (χ3v) is 5.66. The van der Waals surface area contributed by atoms with Crippen LogP contribution in [0.4, 0.5) is 0 Å². The molecular weight excluding hydrogens is 322 g/mol. The molecule has 0 bridgehead atoms. The number of nitrogens with zero attached hydrogens (tertiary/aromatic N) is 2. The van der Waals surface area contributed by atoms with Gasteiger partial charge in [0.25, 0.3) is 0 Å². The molecule has 0 saturated heterocycles. The summed E-state index contributed by atoms with van der Waals surface area (Å²) < 4.78 is 29.4. The largest absolute Gasteiger partial charge is 0.243 e. The van der Waals surface area contributed by atoms with Crippen LogP contribution in [0.15, 0.2) is 78.0 Å². The van der Waals surface area contributed by atoms with Crippen LogP contribution >= 0.6 is 0 Å². The first-order chi connectivity index (χ1) is 11.6. The van der Waals surface area contributed by atoms with E-state index in [4.69, 9.17) is 0 Å². The molecule has 3 aromatic rings. The van der Waals surface area contributed by atoms with E-state index >= 15 is 0 Å². The maximum atomic E-state index is 12.5. The Hall–Kier alpha value is -2.44. The van der Waals surface area contributed by atoms with Gasteiger partial charge >= 0.3 is 0 Å². The first kappa shape index (κ1) is 15.1. The van der Waals surface area contributed by atoms with Gasteiger partial charge in [0, 0.05) is 12.0 Å². The third-order valence-electron chi connectivity index (χ3n) is 4.21. The van der Waals surface area contributed by atoms with Crippen molar-refractivity contribution in [1.29, 1.82) is 0 Å². The third kappa shape index (κ3) is 2.98. The average Bonchev–Trinajstić information content (AvgIpc) is 3.17. The lowest BCUT2D eigenvalue weighted by molar-refractivity contribution is 0.580. The number of rotatable bonds is 5. The highest BCUT2D eigenvalue weighted by atomic mass is 32.2. The molecule has 1 aromatic heterocycles. The second-order valence-electron chi connectivity index (χ2n) is 5.94. The fraction of sp³-hybridized carbons (Fsp3) is 0.167. The van der Waals surface area contributed by atoms with Crippen molar-refractivity contribution < 1.29 is 8.42 Å². The average molecular weight is 339 g/mol. The van der Waals surface area contributed by atoms with Crippen LogP contribution in [0.1, 0.15) is 17.9 Å². The minimum atomic E-state index is -3.56. The van der Waals surface area contributed by atoms with E-state index in [1.807, 2.05) is 60.7 Å². The minimum absolute atomic E-state index is 0.0440. The summed E-state index contributed by atoms with van der Waals surface area (Å²) in [7, 11) is -3.56. The predicted octanol–water partition coefficient (Wildman–Crippen LogP) is 2.71. The van der Waals surface area contributed by atoms with Crippen LogP contribution in [0.25, 0.3) is 5.69 Å². The summed E-state index contributed by atoms with van der Waals surface area (Å²) in [5.74, 6) is 0.255. The van der Waals surface area contributed by atoms with Gasteiger partial charge in [-0.3, -0.25) is 0 Å². The van der Waals surface area contributed by atoms with Gasteiger partial charge in [0.2, 0.25) is 10.0 Å². The standard InChI is InChI=1S/C18H17N3O2S/c22-24(23,20-18-11-17(18)14-7-3-1-4-8-14)16-12-19-21(13-16)15-9-5-2-6-10-15/h1-10,12-13,17-18,20H,11H2/t17-,18+/m1/s1. The molecule has 1 heterocycles. The molecule has 5 nitrogen and oxygen atoms in total. The maximum Gasteiger partial charge on any atom is 0.243 e. The molecule has 4 rings (SSSR count). The van der Waals surface area contributed by atoms with Gasteiger partial charge < -0.3 is 0 Å². The summed E-state index contributed by atoms with van der Waals surface area (Å²) in [5, 5.41) is 4.16. The molecule has 1 fully saturated rings. The van der Waals surface area contributed by atoms with Crippen LogP contribution in [0.5, 0.6) is 0 Å². The summed E-state index contributed by atoms with van der Waals surface area (Å²) >= 11 is 0. The first-order valence-electron chi connectivity index (χ1n) is 7.81. The van der Waals surface area contributed by atoms with Crippen molar-refractivity contribution in [1.82, 2.24) is 14.5 Å². The molecule has 1 saturated carbocycles. The Bertz CT molecular complexity index is 937. The number of sulfonamides is 1. The van der Waals surface area contributed by atoms with Crippen molar-refractivity contribution in [3.8, 4) is 5.69 Å². The monoisotopic (exact) mass is 339 g/mol. The molecule has 0 aliphatic heterocycles. The summed E-state index contributed by atoms with van der Waals surface area (Å²) in [4.78, 5) is 0.185. The molecule has 2 atom stereocenters. The van der Waals surface area contributed by atoms with Gasteiger partial charge in [-0.15, -0.1) is 0 Å². The highest BCUT2D eigenvalue weighted by Gasteiger charge is 2.41. The first-order valence-corrected chi connectivity index (χ1v) is 9.29. The number of nitrogens with one attached hydrogen (secondary N) is 1. The Kier molecular flexibility index (Phi) is 3.70. The van der Waals surface area contributed by atoms with Crippen molar-refractivity contribution >= 4 is 10.0 Å². The van der Waals surface area contributed by atoms with Gasteiger partial charge in [0.15, 0.2) is 0 Å². The SMILES string of the molecule is O=S(=O)(N[C@H]1C[C@@H]1c1ccccc1)c1cnn(-c2ccccc2)c1. The quantitative estimate of drug-likeness (QED) is 0.777. The second-order valence-corrected chi connectivity index (χ2v) is 7.65. The van der Waals surface area contributed by atoms with E-state index in [0.29, 0.717) is 0 Å². The lowest BCUT2D eigenvalue weighted by atomic mass is 10.1. The molecule has 1 N–H and O–H groups in total. The zero-order valence-corrected chi connectivity index (χ0v) is 13.7. The van der Waals surface area contributed by atoms with Gasteiger partial charge in [-0.1, -0.05) is 48.5 Å². The van der Waals surface area contributed by atoms with Crippen LogP contribution in [0.3, 0.4) is 0 Å². The van der Waals surface area contributed by atoms with Gasteiger partial charge in [0.1, 0.15) is 4.90 Å². The van der Waals surface area contributed by atoms with Gasteiger partial charge in [-0.05, 0) is 24.1 Å². The van der Waals surface area contributed by atoms with E-state index in [2.05, 4.69) is 9.82 Å². The van der Waals surface area contributed by atoms with E-state index in [9.17, 15) is 8.42 Å². The molecule has 0 unspecified atom stereocenters. The topological polar surface area (TPSA) is 64.0 Å². The van der Waals surface area contributed by atoms with Gasteiger partial charge in [-0.2, -0.15) is 5.10 Å². The number of para-hydroxylation sites is 1. The Morgan fingerprint density at radius 1 is 1.00 bits per heavy atom. The highest BCUT2D eigenvalue weighted by molar-refractivity contribution is 7.89. The fourth-order valence-corrected chi connectivity index (χ4v) is 4.05. The van der Waals surface area contributed by atoms with E-state index < -0.39 is 10.0 Å². The lowest BCUT2D eigenvalue weighted by Crippen LogP contribution is -2.26. The van der Waals surface area contributed by atoms with E-state index in [-0.39, 0.29) is 16.9 Å². The van der Waals surface area contributed by atoms with E-state index in [1.54, 1.807) is 4.68 Å². The van der Waals surface area contributed by atoms with Crippen molar-refractivity contribution in [2.75, 3.05) is 0 Å². The van der Waals surface area contributed by atoms with Crippen LogP contribution in [-0.2, 0) is 10.0 Å². The molecule has 0 spiro atoms. The zero-order chi connectivity index (χ0) is 16.6. The van der Waals surface area contributed by atoms with Crippen LogP contribution in [0.2, 0.25) is 0 Å². The Labute approximate surface area is 141 Å². The predicted molar refractivity (Wildman–Crippen MR) is 91.5 cm³/mol. The normalized spacial score (nSPS) is 20.0. The van der Waals surface area contributed by atoms with Crippen LogP contribution < -0.4 is 4.72 Å². The van der Waals surface area contributed by atoms with Crippen molar-refractivity contribution in [3.63, 3.8) is 0 Å². The molecule has 1 aliphatic carbocycles. The molecule has 0 radical (unpaired) electrons. The Morgan fingerprint density at radius 3 is 2.38 bits per heavy atom. The number of benzene rings is 2. The molecule has 1 aliphatic rings. The second kappa shape index (κ2) is 5.89. The van der Waals surface area contributed by atoms with E-state index in [0.717, 1.165) is 12.1 Å². The number of aromatic nitrogens is 2. The van der Waals surface area contributed by atoms with Crippen molar-refractivity contribution in [2.45, 2.75) is 23.3 Å². The summed E-state index contributed by atoms with van der Waals surface area (Å²) in [6, 6.07) is 19.4. The van der Waals surface area contributed by atoms with E-state index in [1.165, 1.54) is 18.0 Å². The number of hydrogen-bond donors (Lipinski definition) is 1. The molecule has 0 amide bonds. The van der Waals surface area contributed by atoms with Crippen molar-refractivity contribution in [2.24, 2.45) is 0 Å². The number of hydrogen-bond acceptors (Lipinski definition) is 3. The van der Waals surface area contributed by atoms with Crippen LogP contribution in [0, 0.1) is 0 Å².